The molecule has 0 amide bonds. The Morgan fingerprint density at radius 2 is 2.13 bits per heavy atom. The number of carbonyl (C=O) groups is 1. The van der Waals surface area contributed by atoms with Crippen LogP contribution in [0.4, 0.5) is 0 Å². The molecule has 0 saturated carbocycles. The van der Waals surface area contributed by atoms with Crippen molar-refractivity contribution in [1.29, 1.82) is 0 Å². The van der Waals surface area contributed by atoms with E-state index < -0.39 is 8.07 Å². The van der Waals surface area contributed by atoms with Gasteiger partial charge in [-0.25, -0.2) is 4.98 Å². The van der Waals surface area contributed by atoms with Crippen LogP contribution in [0.15, 0.2) is 24.7 Å². The SMILES string of the molecule is Cc1cnccc1Cc1cn(COCC[Si](C)(C)C)c(C=O)n1. The Hall–Kier alpha value is -1.79. The molecule has 0 fully saturated rings. The van der Waals surface area contributed by atoms with Crippen molar-refractivity contribution in [2.45, 2.75) is 45.8 Å². The molecule has 5 nitrogen and oxygen atoms in total. The van der Waals surface area contributed by atoms with Crippen molar-refractivity contribution in [1.82, 2.24) is 14.5 Å². The second-order valence-corrected chi connectivity index (χ2v) is 12.6. The minimum atomic E-state index is -1.09. The molecule has 0 spiro atoms. The Bertz CT molecular complexity index is 662. The van der Waals surface area contributed by atoms with Gasteiger partial charge in [-0.1, -0.05) is 19.6 Å². The summed E-state index contributed by atoms with van der Waals surface area (Å²) in [4.78, 5) is 19.7. The van der Waals surface area contributed by atoms with Crippen LogP contribution in [0.25, 0.3) is 0 Å². The fourth-order valence-corrected chi connectivity index (χ4v) is 2.96. The minimum absolute atomic E-state index is 0.376. The summed E-state index contributed by atoms with van der Waals surface area (Å²) in [6.07, 6.45) is 6.99. The summed E-state index contributed by atoms with van der Waals surface area (Å²) in [5.41, 5.74) is 3.16. The predicted molar refractivity (Wildman–Crippen MR) is 93.5 cm³/mol. The topological polar surface area (TPSA) is 57.0 Å². The van der Waals surface area contributed by atoms with Gasteiger partial charge in [0.05, 0.1) is 5.69 Å². The monoisotopic (exact) mass is 331 g/mol. The zero-order valence-electron chi connectivity index (χ0n) is 14.4. The van der Waals surface area contributed by atoms with Crippen molar-refractivity contribution in [2.75, 3.05) is 6.61 Å². The first-order valence-corrected chi connectivity index (χ1v) is 11.6. The largest absolute Gasteiger partial charge is 0.361 e. The van der Waals surface area contributed by atoms with Gasteiger partial charge in [-0.2, -0.15) is 0 Å². The maximum Gasteiger partial charge on any atom is 0.185 e. The average molecular weight is 331 g/mol. The Kier molecular flexibility index (Phi) is 5.84. The van der Waals surface area contributed by atoms with Crippen molar-refractivity contribution >= 4 is 14.4 Å². The van der Waals surface area contributed by atoms with Gasteiger partial charge in [0.2, 0.25) is 0 Å². The molecule has 124 valence electrons. The molecule has 0 radical (unpaired) electrons. The number of hydrogen-bond acceptors (Lipinski definition) is 4. The molecule has 0 aromatic carbocycles. The van der Waals surface area contributed by atoms with Crippen LogP contribution < -0.4 is 0 Å². The molecule has 6 heteroatoms. The molecule has 2 rings (SSSR count). The lowest BCUT2D eigenvalue weighted by molar-refractivity contribution is 0.0831. The molecule has 0 aliphatic carbocycles. The van der Waals surface area contributed by atoms with E-state index in [1.54, 1.807) is 10.8 Å². The molecule has 0 bridgehead atoms. The standard InChI is InChI=1S/C17H25N3O2Si/c1-14-10-18-6-5-15(14)9-16-11-20(17(12-21)19-16)13-22-7-8-23(2,3)4/h5-6,10-12H,7-9,13H2,1-4H3. The third kappa shape index (κ3) is 5.40. The fourth-order valence-electron chi connectivity index (χ4n) is 2.21. The number of aromatic nitrogens is 3. The van der Waals surface area contributed by atoms with E-state index in [4.69, 9.17) is 4.74 Å². The normalized spacial score (nSPS) is 11.7. The molecular formula is C17H25N3O2Si. The van der Waals surface area contributed by atoms with Crippen LogP contribution >= 0.6 is 0 Å². The number of rotatable bonds is 8. The molecule has 0 aliphatic rings. The van der Waals surface area contributed by atoms with E-state index in [0.717, 1.165) is 30.2 Å². The van der Waals surface area contributed by atoms with Gasteiger partial charge >= 0.3 is 0 Å². The van der Waals surface area contributed by atoms with Gasteiger partial charge in [0.25, 0.3) is 0 Å². The lowest BCUT2D eigenvalue weighted by Crippen LogP contribution is -2.22. The highest BCUT2D eigenvalue weighted by Gasteiger charge is 2.13. The molecule has 0 atom stereocenters. The van der Waals surface area contributed by atoms with Gasteiger partial charge < -0.3 is 9.30 Å². The Morgan fingerprint density at radius 1 is 1.35 bits per heavy atom. The molecule has 23 heavy (non-hydrogen) atoms. The number of aldehydes is 1. The zero-order valence-corrected chi connectivity index (χ0v) is 15.4. The Morgan fingerprint density at radius 3 is 2.78 bits per heavy atom. The molecule has 0 aliphatic heterocycles. The Labute approximate surface area is 138 Å². The third-order valence-electron chi connectivity index (χ3n) is 3.70. The van der Waals surface area contributed by atoms with Crippen molar-refractivity contribution in [3.8, 4) is 0 Å². The second kappa shape index (κ2) is 7.65. The molecule has 0 unspecified atom stereocenters. The molecule has 2 aromatic rings. The first kappa shape index (κ1) is 17.6. The van der Waals surface area contributed by atoms with Crippen LogP contribution in [0, 0.1) is 6.92 Å². The van der Waals surface area contributed by atoms with Gasteiger partial charge in [-0.3, -0.25) is 9.78 Å². The van der Waals surface area contributed by atoms with Gasteiger partial charge in [0.15, 0.2) is 12.1 Å². The predicted octanol–water partition coefficient (Wildman–Crippen LogP) is 3.30. The van der Waals surface area contributed by atoms with E-state index in [9.17, 15) is 4.79 Å². The van der Waals surface area contributed by atoms with Gasteiger partial charge in [0.1, 0.15) is 6.73 Å². The number of pyridine rings is 1. The number of hydrogen-bond donors (Lipinski definition) is 0. The third-order valence-corrected chi connectivity index (χ3v) is 5.40. The first-order valence-electron chi connectivity index (χ1n) is 7.87. The summed E-state index contributed by atoms with van der Waals surface area (Å²) in [5.74, 6) is 0.416. The van der Waals surface area contributed by atoms with E-state index in [1.165, 1.54) is 5.56 Å². The van der Waals surface area contributed by atoms with Crippen LogP contribution in [0.1, 0.15) is 27.4 Å². The minimum Gasteiger partial charge on any atom is -0.361 e. The van der Waals surface area contributed by atoms with E-state index in [-0.39, 0.29) is 0 Å². The number of imidazole rings is 1. The fraction of sp³-hybridized carbons (Fsp3) is 0.471. The quantitative estimate of drug-likeness (QED) is 0.423. The van der Waals surface area contributed by atoms with Crippen LogP contribution in [0.5, 0.6) is 0 Å². The van der Waals surface area contributed by atoms with E-state index in [2.05, 4.69) is 29.6 Å². The van der Waals surface area contributed by atoms with E-state index >= 15 is 0 Å². The zero-order chi connectivity index (χ0) is 16.9. The van der Waals surface area contributed by atoms with Gasteiger partial charge in [-0.05, 0) is 30.2 Å². The second-order valence-electron chi connectivity index (χ2n) is 7.01. The first-order chi connectivity index (χ1) is 10.9. The van der Waals surface area contributed by atoms with E-state index in [1.807, 2.05) is 25.4 Å². The number of carbonyl (C=O) groups excluding carboxylic acids is 1. The molecule has 0 N–H and O–H groups in total. The summed E-state index contributed by atoms with van der Waals surface area (Å²) in [7, 11) is -1.09. The molecular weight excluding hydrogens is 306 g/mol. The smallest absolute Gasteiger partial charge is 0.185 e. The summed E-state index contributed by atoms with van der Waals surface area (Å²) < 4.78 is 7.50. The Balaban J connectivity index is 2.00. The highest BCUT2D eigenvalue weighted by Crippen LogP contribution is 2.13. The molecule has 2 aromatic heterocycles. The number of nitrogens with zero attached hydrogens (tertiary/aromatic N) is 3. The highest BCUT2D eigenvalue weighted by molar-refractivity contribution is 6.76. The van der Waals surface area contributed by atoms with Crippen LogP contribution in [-0.4, -0.2) is 35.5 Å². The van der Waals surface area contributed by atoms with E-state index in [0.29, 0.717) is 19.0 Å². The average Bonchev–Trinajstić information content (AvgIpc) is 2.87. The van der Waals surface area contributed by atoms with Crippen LogP contribution in [-0.2, 0) is 17.9 Å². The molecule has 0 saturated heterocycles. The number of aryl methyl sites for hydroxylation is 1. The van der Waals surface area contributed by atoms with Crippen LogP contribution in [0.3, 0.4) is 0 Å². The van der Waals surface area contributed by atoms with Gasteiger partial charge in [0, 0.05) is 39.7 Å². The maximum atomic E-state index is 11.2. The summed E-state index contributed by atoms with van der Waals surface area (Å²) in [6, 6.07) is 3.10. The maximum absolute atomic E-state index is 11.2. The van der Waals surface area contributed by atoms with Crippen molar-refractivity contribution in [2.24, 2.45) is 0 Å². The lowest BCUT2D eigenvalue weighted by atomic mass is 10.1. The van der Waals surface area contributed by atoms with Crippen molar-refractivity contribution < 1.29 is 9.53 Å². The lowest BCUT2D eigenvalue weighted by Gasteiger charge is -2.15. The summed E-state index contributed by atoms with van der Waals surface area (Å²) in [5, 5.41) is 0. The molecule has 2 heterocycles. The van der Waals surface area contributed by atoms with Gasteiger partial charge in [-0.15, -0.1) is 0 Å². The van der Waals surface area contributed by atoms with Crippen molar-refractivity contribution in [3.63, 3.8) is 0 Å². The summed E-state index contributed by atoms with van der Waals surface area (Å²) >= 11 is 0. The summed E-state index contributed by atoms with van der Waals surface area (Å²) in [6.45, 7) is 10.1. The van der Waals surface area contributed by atoms with Crippen LogP contribution in [0.2, 0.25) is 25.7 Å². The van der Waals surface area contributed by atoms with Crippen molar-refractivity contribution in [3.05, 3.63) is 47.3 Å². The number of ether oxygens (including phenoxy) is 1. The highest BCUT2D eigenvalue weighted by atomic mass is 28.3.